The maximum atomic E-state index is 13.9. The molecule has 3 N–H and O–H groups in total. The van der Waals surface area contributed by atoms with E-state index in [-0.39, 0.29) is 17.0 Å². The predicted molar refractivity (Wildman–Crippen MR) is 155 cm³/mol. The third-order valence-electron chi connectivity index (χ3n) is 6.79. The van der Waals surface area contributed by atoms with Crippen molar-refractivity contribution in [2.45, 2.75) is 43.5 Å². The van der Waals surface area contributed by atoms with Crippen LogP contribution in [-0.4, -0.2) is 20.2 Å². The van der Waals surface area contributed by atoms with Crippen molar-refractivity contribution in [2.24, 2.45) is 5.73 Å². The van der Waals surface area contributed by atoms with Gasteiger partial charge in [-0.2, -0.15) is 0 Å². The molecule has 1 aliphatic rings. The van der Waals surface area contributed by atoms with Crippen LogP contribution in [0.25, 0.3) is 0 Å². The van der Waals surface area contributed by atoms with Crippen LogP contribution in [0.3, 0.4) is 0 Å². The van der Waals surface area contributed by atoms with Crippen molar-refractivity contribution >= 4 is 43.9 Å². The van der Waals surface area contributed by atoms with E-state index in [2.05, 4.69) is 5.32 Å². The van der Waals surface area contributed by atoms with Crippen LogP contribution in [0.2, 0.25) is 0 Å². The molecule has 0 spiro atoms. The largest absolute Gasteiger partial charge is 0.365 e. The maximum absolute atomic E-state index is 13.9. The summed E-state index contributed by atoms with van der Waals surface area (Å²) in [4.78, 5) is 26.7. The van der Waals surface area contributed by atoms with Crippen molar-refractivity contribution in [2.75, 3.05) is 9.62 Å². The molecule has 0 unspecified atom stereocenters. The normalized spacial score (nSPS) is 13.2. The van der Waals surface area contributed by atoms with Gasteiger partial charge in [0.15, 0.2) is 0 Å². The van der Waals surface area contributed by atoms with Crippen molar-refractivity contribution in [1.29, 1.82) is 0 Å². The minimum absolute atomic E-state index is 0.00739. The summed E-state index contributed by atoms with van der Waals surface area (Å²) in [7, 11) is -4.03. The van der Waals surface area contributed by atoms with Crippen molar-refractivity contribution in [1.82, 2.24) is 0 Å². The molecule has 4 aromatic rings. The molecule has 200 valence electrons. The predicted octanol–water partition coefficient (Wildman–Crippen LogP) is 5.76. The zero-order valence-electron chi connectivity index (χ0n) is 21.3. The number of nitrogens with zero attached hydrogens (tertiary/aromatic N) is 1. The minimum atomic E-state index is -4.03. The van der Waals surface area contributed by atoms with Crippen LogP contribution in [0.15, 0.2) is 89.8 Å². The molecule has 0 aliphatic heterocycles. The number of carbonyl (C=O) groups is 2. The van der Waals surface area contributed by atoms with Gasteiger partial charge in [0.1, 0.15) is 5.00 Å². The van der Waals surface area contributed by atoms with E-state index in [0.717, 1.165) is 48.1 Å². The van der Waals surface area contributed by atoms with Gasteiger partial charge >= 0.3 is 0 Å². The van der Waals surface area contributed by atoms with Gasteiger partial charge in [-0.25, -0.2) is 8.42 Å². The van der Waals surface area contributed by atoms with E-state index in [0.29, 0.717) is 16.3 Å². The van der Waals surface area contributed by atoms with E-state index in [1.54, 1.807) is 36.4 Å². The Bertz CT molecular complexity index is 1600. The highest BCUT2D eigenvalue weighted by atomic mass is 32.2. The third-order valence-corrected chi connectivity index (χ3v) is 9.77. The number of carbonyl (C=O) groups excluding carboxylic acids is 2. The SMILES string of the molecule is NC(=O)c1c(NC(=O)c2cccc(S(=O)(=O)N(Cc3ccccc3)c3ccccc3)c2)sc2c1CCCCC2. The Morgan fingerprint density at radius 3 is 2.28 bits per heavy atom. The summed E-state index contributed by atoms with van der Waals surface area (Å²) < 4.78 is 29.2. The number of rotatable bonds is 8. The van der Waals surface area contributed by atoms with Gasteiger partial charge in [0.2, 0.25) is 0 Å². The molecule has 0 saturated heterocycles. The molecule has 0 radical (unpaired) electrons. The number of nitrogens with one attached hydrogen (secondary N) is 1. The Labute approximate surface area is 232 Å². The number of para-hydroxylation sites is 1. The number of sulfonamides is 1. The first-order chi connectivity index (χ1) is 18.8. The lowest BCUT2D eigenvalue weighted by molar-refractivity contribution is 0.100. The van der Waals surface area contributed by atoms with Crippen molar-refractivity contribution in [3.05, 3.63) is 112 Å². The van der Waals surface area contributed by atoms with Crippen LogP contribution in [0.1, 0.15) is 56.0 Å². The topological polar surface area (TPSA) is 110 Å². The second-order valence-electron chi connectivity index (χ2n) is 9.45. The highest BCUT2D eigenvalue weighted by Gasteiger charge is 2.28. The van der Waals surface area contributed by atoms with Crippen LogP contribution in [0.4, 0.5) is 10.7 Å². The van der Waals surface area contributed by atoms with E-state index in [4.69, 9.17) is 5.73 Å². The summed E-state index contributed by atoms with van der Waals surface area (Å²) in [6.45, 7) is 0.131. The van der Waals surface area contributed by atoms with Gasteiger partial charge in [-0.05, 0) is 67.1 Å². The fourth-order valence-electron chi connectivity index (χ4n) is 4.85. The molecule has 7 nitrogen and oxygen atoms in total. The molecular weight excluding hydrogens is 530 g/mol. The number of primary amides is 1. The number of aryl methyl sites for hydroxylation is 1. The highest BCUT2D eigenvalue weighted by Crippen LogP contribution is 2.37. The highest BCUT2D eigenvalue weighted by molar-refractivity contribution is 7.92. The van der Waals surface area contributed by atoms with Crippen molar-refractivity contribution in [3.63, 3.8) is 0 Å². The van der Waals surface area contributed by atoms with Crippen LogP contribution in [-0.2, 0) is 29.4 Å². The average Bonchev–Trinajstić information content (AvgIpc) is 3.13. The number of thiophene rings is 1. The van der Waals surface area contributed by atoms with E-state index in [9.17, 15) is 18.0 Å². The number of nitrogens with two attached hydrogens (primary N) is 1. The maximum Gasteiger partial charge on any atom is 0.264 e. The number of hydrogen-bond acceptors (Lipinski definition) is 5. The summed E-state index contributed by atoms with van der Waals surface area (Å²) >= 11 is 1.38. The van der Waals surface area contributed by atoms with Gasteiger partial charge < -0.3 is 11.1 Å². The Balaban J connectivity index is 1.46. The lowest BCUT2D eigenvalue weighted by Gasteiger charge is -2.25. The van der Waals surface area contributed by atoms with Crippen LogP contribution >= 0.6 is 11.3 Å². The van der Waals surface area contributed by atoms with Gasteiger partial charge in [0, 0.05) is 10.4 Å². The first kappa shape index (κ1) is 26.6. The Morgan fingerprint density at radius 2 is 1.56 bits per heavy atom. The fraction of sp³-hybridized carbons (Fsp3) is 0.200. The van der Waals surface area contributed by atoms with Crippen LogP contribution < -0.4 is 15.4 Å². The van der Waals surface area contributed by atoms with Crippen LogP contribution in [0.5, 0.6) is 0 Å². The molecular formula is C30H29N3O4S2. The lowest BCUT2D eigenvalue weighted by atomic mass is 10.1. The molecule has 0 atom stereocenters. The standard InChI is InChI=1S/C30H29N3O4S2/c31-28(34)27-25-17-8-3-9-18-26(25)38-30(27)32-29(35)22-13-10-16-24(19-22)39(36,37)33(23-14-6-2-7-15-23)20-21-11-4-1-5-12-21/h1-2,4-7,10-16,19H,3,8-9,17-18,20H2,(H2,31,34)(H,32,35). The first-order valence-corrected chi connectivity index (χ1v) is 15.1. The molecule has 5 rings (SSSR count). The van der Waals surface area contributed by atoms with E-state index >= 15 is 0 Å². The molecule has 2 amide bonds. The zero-order chi connectivity index (χ0) is 27.4. The molecule has 9 heteroatoms. The number of fused-ring (bicyclic) bond motifs is 1. The molecule has 0 fully saturated rings. The van der Waals surface area contributed by atoms with Gasteiger partial charge in [0.05, 0.1) is 22.7 Å². The van der Waals surface area contributed by atoms with Crippen molar-refractivity contribution < 1.29 is 18.0 Å². The summed E-state index contributed by atoms with van der Waals surface area (Å²) in [5, 5.41) is 3.25. The monoisotopic (exact) mass is 559 g/mol. The molecule has 1 heterocycles. The Kier molecular flexibility index (Phi) is 7.81. The van der Waals surface area contributed by atoms with Crippen molar-refractivity contribution in [3.8, 4) is 0 Å². The van der Waals surface area contributed by atoms with E-state index < -0.39 is 21.8 Å². The molecule has 0 bridgehead atoms. The molecule has 3 aromatic carbocycles. The minimum Gasteiger partial charge on any atom is -0.365 e. The quantitative estimate of drug-likeness (QED) is 0.267. The molecule has 0 saturated carbocycles. The number of anilines is 2. The van der Waals surface area contributed by atoms with Crippen LogP contribution in [0, 0.1) is 0 Å². The summed E-state index contributed by atoms with van der Waals surface area (Å²) in [5.41, 5.74) is 8.52. The van der Waals surface area contributed by atoms with Gasteiger partial charge in [-0.1, -0.05) is 61.0 Å². The molecule has 1 aromatic heterocycles. The smallest absolute Gasteiger partial charge is 0.264 e. The summed E-state index contributed by atoms with van der Waals surface area (Å²) in [5.74, 6) is -1.07. The van der Waals surface area contributed by atoms with E-state index in [1.165, 1.54) is 27.8 Å². The second-order valence-corrected chi connectivity index (χ2v) is 12.4. The lowest BCUT2D eigenvalue weighted by Crippen LogP contribution is -2.30. The zero-order valence-corrected chi connectivity index (χ0v) is 22.9. The number of amides is 2. The Hall–Kier alpha value is -3.95. The number of benzene rings is 3. The molecule has 39 heavy (non-hydrogen) atoms. The van der Waals surface area contributed by atoms with Gasteiger partial charge in [-0.3, -0.25) is 13.9 Å². The summed E-state index contributed by atoms with van der Waals surface area (Å²) in [6.07, 6.45) is 4.69. The average molecular weight is 560 g/mol. The van der Waals surface area contributed by atoms with Gasteiger partial charge in [-0.15, -0.1) is 11.3 Å². The molecule has 1 aliphatic carbocycles. The van der Waals surface area contributed by atoms with Gasteiger partial charge in [0.25, 0.3) is 21.8 Å². The third kappa shape index (κ3) is 5.74. The summed E-state index contributed by atoms with van der Waals surface area (Å²) in [6, 6.07) is 24.2. The fourth-order valence-corrected chi connectivity index (χ4v) is 7.64. The first-order valence-electron chi connectivity index (χ1n) is 12.8. The van der Waals surface area contributed by atoms with E-state index in [1.807, 2.05) is 36.4 Å². The number of hydrogen-bond donors (Lipinski definition) is 2. The Morgan fingerprint density at radius 1 is 0.872 bits per heavy atom. The second kappa shape index (κ2) is 11.4.